The Balaban J connectivity index is 1.45. The van der Waals surface area contributed by atoms with Crippen LogP contribution < -0.4 is 16.0 Å². The summed E-state index contributed by atoms with van der Waals surface area (Å²) in [4.78, 5) is 26.3. The van der Waals surface area contributed by atoms with Crippen molar-refractivity contribution in [2.75, 3.05) is 45.1 Å². The van der Waals surface area contributed by atoms with Crippen LogP contribution >= 0.6 is 11.3 Å². The molecule has 1 fully saturated rings. The van der Waals surface area contributed by atoms with Gasteiger partial charge in [-0.1, -0.05) is 18.2 Å². The van der Waals surface area contributed by atoms with E-state index in [1.54, 1.807) is 11.1 Å². The van der Waals surface area contributed by atoms with Gasteiger partial charge in [-0.15, -0.1) is 11.3 Å². The molecule has 1 saturated heterocycles. The zero-order valence-corrected chi connectivity index (χ0v) is 20.5. The van der Waals surface area contributed by atoms with Crippen molar-refractivity contribution in [1.82, 2.24) is 30.5 Å². The van der Waals surface area contributed by atoms with Gasteiger partial charge >= 0.3 is 6.03 Å². The Kier molecular flexibility index (Phi) is 7.01. The lowest BCUT2D eigenvalue weighted by molar-refractivity contribution is 0.219. The highest BCUT2D eigenvalue weighted by Crippen LogP contribution is 2.40. The molecule has 1 aliphatic heterocycles. The number of carbonyl (C=O) groups excluding carboxylic acids is 1. The van der Waals surface area contributed by atoms with Gasteiger partial charge in [0, 0.05) is 43.1 Å². The minimum atomic E-state index is -0.545. The quantitative estimate of drug-likeness (QED) is 0.296. The number of aromatic nitrogens is 3. The third-order valence-corrected chi connectivity index (χ3v) is 7.21. The lowest BCUT2D eigenvalue weighted by Crippen LogP contribution is -2.32. The number of benzene rings is 1. The number of urea groups is 1. The highest BCUT2D eigenvalue weighted by molar-refractivity contribution is 7.22. The fourth-order valence-electron chi connectivity index (χ4n) is 4.21. The second kappa shape index (κ2) is 10.5. The van der Waals surface area contributed by atoms with Crippen molar-refractivity contribution < 1.29 is 13.6 Å². The molecule has 0 spiro atoms. The zero-order valence-electron chi connectivity index (χ0n) is 19.6. The molecule has 3 aromatic heterocycles. The molecule has 5 rings (SSSR count). The molecule has 1 aliphatic rings. The summed E-state index contributed by atoms with van der Waals surface area (Å²) in [6.07, 6.45) is 3.41. The van der Waals surface area contributed by atoms with Gasteiger partial charge in [-0.3, -0.25) is 0 Å². The summed E-state index contributed by atoms with van der Waals surface area (Å²) in [7, 11) is 1.87. The molecule has 0 unspecified atom stereocenters. The Morgan fingerprint density at radius 1 is 1.14 bits per heavy atom. The fourth-order valence-corrected chi connectivity index (χ4v) is 5.39. The van der Waals surface area contributed by atoms with Gasteiger partial charge in [0.15, 0.2) is 5.82 Å². The maximum atomic E-state index is 14.8. The van der Waals surface area contributed by atoms with E-state index >= 15 is 0 Å². The minimum absolute atomic E-state index is 0.0956. The average Bonchev–Trinajstić information content (AvgIpc) is 3.50. The average molecular weight is 510 g/mol. The van der Waals surface area contributed by atoms with Crippen molar-refractivity contribution in [3.63, 3.8) is 0 Å². The van der Waals surface area contributed by atoms with Crippen molar-refractivity contribution in [1.29, 1.82) is 0 Å². The molecule has 8 nitrogen and oxygen atoms in total. The molecule has 2 amide bonds. The van der Waals surface area contributed by atoms with Crippen molar-refractivity contribution in [2.24, 2.45) is 0 Å². The highest BCUT2D eigenvalue weighted by atomic mass is 32.1. The first-order valence-electron chi connectivity index (χ1n) is 11.6. The smallest absolute Gasteiger partial charge is 0.317 e. The molecule has 0 radical (unpaired) electrons. The number of halogens is 2. The molecule has 36 heavy (non-hydrogen) atoms. The number of rotatable bonds is 9. The maximum Gasteiger partial charge on any atom is 0.317 e. The predicted octanol–water partition coefficient (Wildman–Crippen LogP) is 3.90. The van der Waals surface area contributed by atoms with E-state index in [1.165, 1.54) is 17.4 Å². The molecule has 0 atom stereocenters. The molecule has 3 N–H and O–H groups in total. The summed E-state index contributed by atoms with van der Waals surface area (Å²) >= 11 is 1.40. The van der Waals surface area contributed by atoms with E-state index in [0.717, 1.165) is 39.5 Å². The monoisotopic (exact) mass is 509 g/mol. The van der Waals surface area contributed by atoms with E-state index in [0.29, 0.717) is 37.5 Å². The van der Waals surface area contributed by atoms with Crippen LogP contribution in [0.4, 0.5) is 19.5 Å². The Bertz CT molecular complexity index is 1410. The van der Waals surface area contributed by atoms with Gasteiger partial charge in [0.2, 0.25) is 11.9 Å². The molecule has 0 saturated carbocycles. The van der Waals surface area contributed by atoms with Crippen molar-refractivity contribution in [3.8, 4) is 21.7 Å². The molecule has 11 heteroatoms. The van der Waals surface area contributed by atoms with Crippen LogP contribution in [0, 0.1) is 11.8 Å². The Morgan fingerprint density at radius 2 is 2.03 bits per heavy atom. The van der Waals surface area contributed by atoms with Crippen molar-refractivity contribution in [2.45, 2.75) is 6.42 Å². The Hall–Kier alpha value is -3.70. The van der Waals surface area contributed by atoms with E-state index in [2.05, 4.69) is 30.9 Å². The van der Waals surface area contributed by atoms with Crippen molar-refractivity contribution >= 4 is 33.4 Å². The second-order valence-corrected chi connectivity index (χ2v) is 9.44. The Labute approximate surface area is 210 Å². The first-order valence-corrected chi connectivity index (χ1v) is 12.5. The molecule has 4 aromatic rings. The van der Waals surface area contributed by atoms with Crippen molar-refractivity contribution in [3.05, 3.63) is 60.1 Å². The number of anilines is 1. The van der Waals surface area contributed by atoms with Crippen LogP contribution in [0.2, 0.25) is 0 Å². The number of fused-ring (bicyclic) bond motifs is 1. The lowest BCUT2D eigenvalue weighted by atomic mass is 9.98. The first-order chi connectivity index (χ1) is 17.5. The molecule has 0 bridgehead atoms. The van der Waals surface area contributed by atoms with Gasteiger partial charge in [-0.25, -0.2) is 24.1 Å². The van der Waals surface area contributed by atoms with Crippen LogP contribution in [-0.2, 0) is 6.42 Å². The van der Waals surface area contributed by atoms with E-state index < -0.39 is 11.8 Å². The van der Waals surface area contributed by atoms with Crippen LogP contribution in [0.1, 0.15) is 5.56 Å². The fraction of sp³-hybridized carbons (Fsp3) is 0.280. The lowest BCUT2D eigenvalue weighted by Gasteiger charge is -2.14. The normalized spacial score (nSPS) is 13.4. The van der Waals surface area contributed by atoms with E-state index in [4.69, 9.17) is 0 Å². The number of amides is 2. The third-order valence-electron chi connectivity index (χ3n) is 6.02. The number of nitrogens with zero attached hydrogens (tertiary/aromatic N) is 4. The molecule has 186 valence electrons. The van der Waals surface area contributed by atoms with Crippen LogP contribution in [0.25, 0.3) is 31.8 Å². The number of nitrogens with one attached hydrogen (secondary N) is 3. The van der Waals surface area contributed by atoms with Gasteiger partial charge in [-0.2, -0.15) is 4.39 Å². The molecular formula is C25H25F2N7OS. The second-order valence-electron chi connectivity index (χ2n) is 8.39. The SMILES string of the molecule is CNCCc1cnc(F)cc1-c1cccc2cc(-c3nc(NCCN4CCNC4=O)ncc3F)sc12. The van der Waals surface area contributed by atoms with E-state index in [-0.39, 0.29) is 17.7 Å². The highest BCUT2D eigenvalue weighted by Gasteiger charge is 2.19. The maximum absolute atomic E-state index is 14.8. The minimum Gasteiger partial charge on any atom is -0.352 e. The number of carbonyl (C=O) groups is 1. The molecule has 1 aromatic carbocycles. The van der Waals surface area contributed by atoms with Crippen LogP contribution in [0.5, 0.6) is 0 Å². The van der Waals surface area contributed by atoms with Gasteiger partial charge in [0.05, 0.1) is 11.1 Å². The van der Waals surface area contributed by atoms with Gasteiger partial charge in [0.1, 0.15) is 5.69 Å². The van der Waals surface area contributed by atoms with Gasteiger partial charge in [0.25, 0.3) is 0 Å². The number of hydrogen-bond acceptors (Lipinski definition) is 7. The molecule has 4 heterocycles. The standard InChI is InChI=1S/C25H25F2N7OS/c1-28-6-5-16-13-31-21(27)12-18(16)17-4-2-3-15-11-20(36-23(15)17)22-19(26)14-32-24(33-22)29-7-9-34-10-8-30-25(34)35/h2-4,11-14,28H,5-10H2,1H3,(H,30,35)(H,29,32,33). The largest absolute Gasteiger partial charge is 0.352 e. The van der Waals surface area contributed by atoms with Gasteiger partial charge < -0.3 is 20.9 Å². The number of likely N-dealkylation sites (N-methyl/N-ethyl adjacent to an activating group) is 1. The first kappa shape index (κ1) is 24.0. The van der Waals surface area contributed by atoms with E-state index in [1.807, 2.05) is 31.3 Å². The third kappa shape index (κ3) is 4.98. The number of pyridine rings is 1. The van der Waals surface area contributed by atoms with E-state index in [9.17, 15) is 13.6 Å². The van der Waals surface area contributed by atoms with Crippen LogP contribution in [-0.4, -0.2) is 65.7 Å². The number of thiophene rings is 1. The van der Waals surface area contributed by atoms with Gasteiger partial charge in [-0.05, 0) is 48.2 Å². The molecular weight excluding hydrogens is 484 g/mol. The number of hydrogen-bond donors (Lipinski definition) is 3. The zero-order chi connectivity index (χ0) is 25.1. The Morgan fingerprint density at radius 3 is 2.83 bits per heavy atom. The summed E-state index contributed by atoms with van der Waals surface area (Å²) in [6, 6.07) is 9.04. The molecule has 0 aliphatic carbocycles. The van der Waals surface area contributed by atoms with Crippen LogP contribution in [0.3, 0.4) is 0 Å². The summed E-state index contributed by atoms with van der Waals surface area (Å²) in [5, 5.41) is 9.85. The summed E-state index contributed by atoms with van der Waals surface area (Å²) in [6.45, 7) is 2.95. The summed E-state index contributed by atoms with van der Waals surface area (Å²) in [5.41, 5.74) is 2.76. The topological polar surface area (TPSA) is 95.1 Å². The van der Waals surface area contributed by atoms with Crippen LogP contribution in [0.15, 0.2) is 42.7 Å². The summed E-state index contributed by atoms with van der Waals surface area (Å²) < 4.78 is 29.8. The predicted molar refractivity (Wildman–Crippen MR) is 137 cm³/mol. The summed E-state index contributed by atoms with van der Waals surface area (Å²) in [5.74, 6) is -0.789.